The Morgan fingerprint density at radius 2 is 1.40 bits per heavy atom. The second-order valence-electron chi connectivity index (χ2n) is 6.47. The Kier molecular flexibility index (Phi) is 5.69. The first-order valence-corrected chi connectivity index (χ1v) is 11.6. The smallest absolute Gasteiger partial charge is 0.257 e. The van der Waals surface area contributed by atoms with Crippen LogP contribution in [0.25, 0.3) is 11.1 Å². The van der Waals surface area contributed by atoms with Gasteiger partial charge in [-0.05, 0) is 35.4 Å². The van der Waals surface area contributed by atoms with Crippen LogP contribution in [0.3, 0.4) is 0 Å². The SMILES string of the molecule is O=C(Nc1nnc(CS(=O)(=O)c2ccccc2)s1)c1ccc(-c2ccccc2)cc1. The minimum absolute atomic E-state index is 0.226. The molecule has 0 aliphatic carbocycles. The third kappa shape index (κ3) is 4.61. The molecule has 0 spiro atoms. The van der Waals surface area contributed by atoms with Crippen molar-refractivity contribution in [2.45, 2.75) is 10.6 Å². The number of sulfone groups is 1. The molecule has 0 unspecified atom stereocenters. The van der Waals surface area contributed by atoms with Crippen molar-refractivity contribution < 1.29 is 13.2 Å². The molecule has 0 saturated carbocycles. The predicted octanol–water partition coefficient (Wildman–Crippen LogP) is 4.43. The summed E-state index contributed by atoms with van der Waals surface area (Å²) in [5.74, 6) is -0.598. The van der Waals surface area contributed by atoms with Gasteiger partial charge in [-0.2, -0.15) is 0 Å². The van der Waals surface area contributed by atoms with E-state index in [0.717, 1.165) is 22.5 Å². The number of aromatic nitrogens is 2. The van der Waals surface area contributed by atoms with Crippen molar-refractivity contribution >= 4 is 32.2 Å². The van der Waals surface area contributed by atoms with Crippen LogP contribution in [0.15, 0.2) is 89.8 Å². The van der Waals surface area contributed by atoms with Crippen LogP contribution in [0, 0.1) is 0 Å². The van der Waals surface area contributed by atoms with Gasteiger partial charge in [-0.3, -0.25) is 10.1 Å². The zero-order valence-electron chi connectivity index (χ0n) is 15.7. The Morgan fingerprint density at radius 3 is 2.07 bits per heavy atom. The van der Waals surface area contributed by atoms with E-state index in [2.05, 4.69) is 15.5 Å². The first-order chi connectivity index (χ1) is 14.5. The van der Waals surface area contributed by atoms with Gasteiger partial charge in [0.05, 0.1) is 4.90 Å². The fraction of sp³-hybridized carbons (Fsp3) is 0.0455. The molecule has 30 heavy (non-hydrogen) atoms. The molecule has 4 rings (SSSR count). The Morgan fingerprint density at radius 1 is 0.800 bits per heavy atom. The van der Waals surface area contributed by atoms with Gasteiger partial charge in [-0.15, -0.1) is 10.2 Å². The number of benzene rings is 3. The van der Waals surface area contributed by atoms with Crippen molar-refractivity contribution in [3.63, 3.8) is 0 Å². The van der Waals surface area contributed by atoms with Crippen LogP contribution in [-0.4, -0.2) is 24.5 Å². The van der Waals surface area contributed by atoms with E-state index in [1.54, 1.807) is 30.3 Å². The summed E-state index contributed by atoms with van der Waals surface area (Å²) in [5.41, 5.74) is 2.55. The van der Waals surface area contributed by atoms with E-state index in [1.165, 1.54) is 12.1 Å². The third-order valence-corrected chi connectivity index (χ3v) is 7.02. The summed E-state index contributed by atoms with van der Waals surface area (Å²) in [6.45, 7) is 0. The summed E-state index contributed by atoms with van der Waals surface area (Å²) >= 11 is 1.04. The second kappa shape index (κ2) is 8.56. The zero-order valence-corrected chi connectivity index (χ0v) is 17.4. The lowest BCUT2D eigenvalue weighted by molar-refractivity contribution is 0.102. The van der Waals surface area contributed by atoms with E-state index in [4.69, 9.17) is 0 Å². The van der Waals surface area contributed by atoms with Crippen LogP contribution in [0.5, 0.6) is 0 Å². The summed E-state index contributed by atoms with van der Waals surface area (Å²) in [5, 5.41) is 11.0. The summed E-state index contributed by atoms with van der Waals surface area (Å²) in [6, 6.07) is 25.3. The van der Waals surface area contributed by atoms with Gasteiger partial charge in [0.1, 0.15) is 10.8 Å². The number of nitrogens with one attached hydrogen (secondary N) is 1. The number of carbonyl (C=O) groups is 1. The van der Waals surface area contributed by atoms with Crippen LogP contribution >= 0.6 is 11.3 Å². The monoisotopic (exact) mass is 435 g/mol. The van der Waals surface area contributed by atoms with Crippen molar-refractivity contribution in [1.82, 2.24) is 10.2 Å². The maximum Gasteiger partial charge on any atom is 0.257 e. The van der Waals surface area contributed by atoms with Gasteiger partial charge in [0.15, 0.2) is 9.84 Å². The van der Waals surface area contributed by atoms with Crippen molar-refractivity contribution in [1.29, 1.82) is 0 Å². The fourth-order valence-corrected chi connectivity index (χ4v) is 5.20. The molecule has 0 radical (unpaired) electrons. The minimum Gasteiger partial charge on any atom is -0.296 e. The highest BCUT2D eigenvalue weighted by atomic mass is 32.2. The van der Waals surface area contributed by atoms with Crippen LogP contribution in [0.2, 0.25) is 0 Å². The van der Waals surface area contributed by atoms with E-state index in [-0.39, 0.29) is 21.7 Å². The Balaban J connectivity index is 1.43. The Bertz CT molecular complexity index is 1250. The van der Waals surface area contributed by atoms with Gasteiger partial charge in [-0.25, -0.2) is 8.42 Å². The number of anilines is 1. The molecule has 1 heterocycles. The van der Waals surface area contributed by atoms with E-state index in [0.29, 0.717) is 10.6 Å². The molecular formula is C22H17N3O3S2. The number of amides is 1. The molecule has 0 atom stereocenters. The summed E-state index contributed by atoms with van der Waals surface area (Å²) in [7, 11) is -3.52. The number of rotatable bonds is 6. The van der Waals surface area contributed by atoms with Crippen molar-refractivity contribution in [3.8, 4) is 11.1 Å². The molecular weight excluding hydrogens is 418 g/mol. The van der Waals surface area contributed by atoms with Gasteiger partial charge in [0.2, 0.25) is 5.13 Å². The van der Waals surface area contributed by atoms with Crippen LogP contribution in [-0.2, 0) is 15.6 Å². The number of carbonyl (C=O) groups excluding carboxylic acids is 1. The Hall–Kier alpha value is -3.36. The average Bonchev–Trinajstić information content (AvgIpc) is 3.21. The highest BCUT2D eigenvalue weighted by Gasteiger charge is 2.19. The molecule has 4 aromatic rings. The summed E-state index contributed by atoms with van der Waals surface area (Å²) in [6.07, 6.45) is 0. The van der Waals surface area contributed by atoms with Crippen molar-refractivity contribution in [3.05, 3.63) is 95.5 Å². The lowest BCUT2D eigenvalue weighted by atomic mass is 10.0. The number of hydrogen-bond donors (Lipinski definition) is 1. The molecule has 0 fully saturated rings. The summed E-state index contributed by atoms with van der Waals surface area (Å²) < 4.78 is 24.9. The van der Waals surface area contributed by atoms with Gasteiger partial charge < -0.3 is 0 Å². The first-order valence-electron chi connectivity index (χ1n) is 9.08. The largest absolute Gasteiger partial charge is 0.296 e. The molecule has 0 aliphatic rings. The van der Waals surface area contributed by atoms with Gasteiger partial charge in [-0.1, -0.05) is 72.0 Å². The van der Waals surface area contributed by atoms with Gasteiger partial charge in [0.25, 0.3) is 5.91 Å². The van der Waals surface area contributed by atoms with E-state index < -0.39 is 9.84 Å². The average molecular weight is 436 g/mol. The van der Waals surface area contributed by atoms with Crippen molar-refractivity contribution in [2.24, 2.45) is 0 Å². The van der Waals surface area contributed by atoms with Crippen LogP contribution < -0.4 is 5.32 Å². The third-order valence-electron chi connectivity index (χ3n) is 4.36. The fourth-order valence-electron chi connectivity index (χ4n) is 2.85. The number of hydrogen-bond acceptors (Lipinski definition) is 6. The molecule has 0 aliphatic heterocycles. The molecule has 8 heteroatoms. The van der Waals surface area contributed by atoms with Crippen LogP contribution in [0.4, 0.5) is 5.13 Å². The maximum atomic E-state index is 12.5. The molecule has 1 aromatic heterocycles. The maximum absolute atomic E-state index is 12.5. The molecule has 0 bridgehead atoms. The highest BCUT2D eigenvalue weighted by Crippen LogP contribution is 2.23. The van der Waals surface area contributed by atoms with Crippen LogP contribution in [0.1, 0.15) is 15.4 Å². The molecule has 150 valence electrons. The molecule has 3 aromatic carbocycles. The zero-order chi connectivity index (χ0) is 21.0. The minimum atomic E-state index is -3.52. The molecule has 1 N–H and O–H groups in total. The Labute approximate surface area is 178 Å². The highest BCUT2D eigenvalue weighted by molar-refractivity contribution is 7.90. The summed E-state index contributed by atoms with van der Waals surface area (Å²) in [4.78, 5) is 12.7. The van der Waals surface area contributed by atoms with Gasteiger partial charge >= 0.3 is 0 Å². The lowest BCUT2D eigenvalue weighted by Gasteiger charge is -2.04. The predicted molar refractivity (Wildman–Crippen MR) is 117 cm³/mol. The standard InChI is InChI=1S/C22H17N3O3S2/c26-21(18-13-11-17(12-14-18)16-7-3-1-4-8-16)23-22-25-24-20(29-22)15-30(27,28)19-9-5-2-6-10-19/h1-14H,15H2,(H,23,25,26). The molecule has 1 amide bonds. The first kappa shape index (κ1) is 19.9. The number of nitrogens with zero attached hydrogens (tertiary/aromatic N) is 2. The van der Waals surface area contributed by atoms with E-state index in [1.807, 2.05) is 42.5 Å². The topological polar surface area (TPSA) is 89.0 Å². The van der Waals surface area contributed by atoms with Gasteiger partial charge in [0, 0.05) is 5.56 Å². The van der Waals surface area contributed by atoms with E-state index >= 15 is 0 Å². The normalized spacial score (nSPS) is 11.2. The van der Waals surface area contributed by atoms with E-state index in [9.17, 15) is 13.2 Å². The quantitative estimate of drug-likeness (QED) is 0.484. The molecule has 0 saturated heterocycles. The second-order valence-corrected chi connectivity index (χ2v) is 9.52. The molecule has 6 nitrogen and oxygen atoms in total. The lowest BCUT2D eigenvalue weighted by Crippen LogP contribution is -2.11. The van der Waals surface area contributed by atoms with Crippen molar-refractivity contribution in [2.75, 3.05) is 5.32 Å².